The van der Waals surface area contributed by atoms with Crippen molar-refractivity contribution >= 4 is 78.4 Å². The first kappa shape index (κ1) is 28.9. The molecule has 0 aliphatic rings. The molecule has 0 atom stereocenters. The quantitative estimate of drug-likeness (QED) is 0.180. The molecule has 0 saturated heterocycles. The summed E-state index contributed by atoms with van der Waals surface area (Å²) in [6.07, 6.45) is 2.01. The average Bonchev–Trinajstić information content (AvgIpc) is 3.61. The van der Waals surface area contributed by atoms with E-state index in [4.69, 9.17) is 11.6 Å². The van der Waals surface area contributed by atoms with Gasteiger partial charge in [0, 0.05) is 53.3 Å². The Bertz CT molecular complexity index is 2460. The molecule has 2 aromatic heterocycles. The highest BCUT2D eigenvalue weighted by molar-refractivity contribution is 6.37. The molecular weight excluding hydrogens is 610 g/mol. The van der Waals surface area contributed by atoms with Crippen LogP contribution in [0.2, 0.25) is 5.02 Å². The normalized spacial score (nSPS) is 11.5. The van der Waals surface area contributed by atoms with Gasteiger partial charge in [0.2, 0.25) is 0 Å². The van der Waals surface area contributed by atoms with Crippen LogP contribution in [-0.2, 0) is 14.1 Å². The summed E-state index contributed by atoms with van der Waals surface area (Å²) in [5, 5.41) is 3.66. The second kappa shape index (κ2) is 11.3. The van der Waals surface area contributed by atoms with E-state index in [-0.39, 0.29) is 11.6 Å². The predicted octanol–water partition coefficient (Wildman–Crippen LogP) is 11.7. The van der Waals surface area contributed by atoms with Gasteiger partial charge in [0.15, 0.2) is 0 Å². The second-order valence-corrected chi connectivity index (χ2v) is 12.0. The molecule has 2 heterocycles. The minimum atomic E-state index is -0.360. The van der Waals surface area contributed by atoms with Crippen LogP contribution in [0.4, 0.5) is 42.9 Å². The fraction of sp³-hybridized carbons (Fsp3) is 0.0500. The zero-order valence-electron chi connectivity index (χ0n) is 25.7. The first-order valence-electron chi connectivity index (χ1n) is 15.3. The van der Waals surface area contributed by atoms with Crippen molar-refractivity contribution in [3.05, 3.63) is 156 Å². The Morgan fingerprint density at radius 2 is 1.06 bits per heavy atom. The molecule has 0 aliphatic heterocycles. The van der Waals surface area contributed by atoms with E-state index in [9.17, 15) is 8.78 Å². The molecule has 6 aromatic carbocycles. The van der Waals surface area contributed by atoms with Gasteiger partial charge in [-0.3, -0.25) is 0 Å². The molecule has 8 rings (SSSR count). The summed E-state index contributed by atoms with van der Waals surface area (Å²) >= 11 is 7.53. The first-order valence-corrected chi connectivity index (χ1v) is 15.7. The summed E-state index contributed by atoms with van der Waals surface area (Å²) in [4.78, 5) is 3.99. The fourth-order valence-corrected chi connectivity index (χ4v) is 7.11. The number of benzene rings is 6. The van der Waals surface area contributed by atoms with Crippen molar-refractivity contribution in [2.24, 2.45) is 14.1 Å². The Labute approximate surface area is 275 Å². The lowest BCUT2D eigenvalue weighted by Gasteiger charge is -2.31. The standard InChI is InChI=1S/C40H29ClF2N4/c1-44-23-22-26-10-5-20-36(39(26)44)46(29-13-6-11-27(42)24-29)34-18-9-19-35(38(34)41)47(30-14-7-12-28(43)25-30)37-21-8-16-32-31-15-3-4-17-33(31)45(2)40(32)37/h3-25H,1-2H3. The van der Waals surface area contributed by atoms with Crippen LogP contribution in [0, 0.1) is 11.6 Å². The maximum Gasteiger partial charge on any atom is 0.125 e. The highest BCUT2D eigenvalue weighted by Gasteiger charge is 2.26. The minimum absolute atomic E-state index is 0.359. The van der Waals surface area contributed by atoms with Gasteiger partial charge in [-0.25, -0.2) is 8.78 Å². The van der Waals surface area contributed by atoms with Crippen LogP contribution in [0.15, 0.2) is 140 Å². The summed E-state index contributed by atoms with van der Waals surface area (Å²) in [6, 6.07) is 41.4. The molecule has 7 heteroatoms. The highest BCUT2D eigenvalue weighted by atomic mass is 35.5. The van der Waals surface area contributed by atoms with Crippen molar-refractivity contribution in [2.75, 3.05) is 9.80 Å². The number of hydrogen-bond acceptors (Lipinski definition) is 2. The molecule has 0 amide bonds. The molecule has 4 nitrogen and oxygen atoms in total. The van der Waals surface area contributed by atoms with Crippen LogP contribution >= 0.6 is 11.6 Å². The summed E-state index contributed by atoms with van der Waals surface area (Å²) < 4.78 is 34.0. The van der Waals surface area contributed by atoms with E-state index in [1.807, 2.05) is 96.8 Å². The molecule has 0 spiro atoms. The Kier molecular flexibility index (Phi) is 6.96. The maximum atomic E-state index is 15.0. The number of hydrogen-bond donors (Lipinski definition) is 0. The van der Waals surface area contributed by atoms with Gasteiger partial charge in [0.1, 0.15) is 11.6 Å². The number of anilines is 6. The van der Waals surface area contributed by atoms with E-state index >= 15 is 0 Å². The summed E-state index contributed by atoms with van der Waals surface area (Å²) in [6.45, 7) is 0. The van der Waals surface area contributed by atoms with E-state index in [0.29, 0.717) is 27.8 Å². The van der Waals surface area contributed by atoms with E-state index < -0.39 is 0 Å². The van der Waals surface area contributed by atoms with Crippen molar-refractivity contribution in [1.29, 1.82) is 0 Å². The van der Waals surface area contributed by atoms with Crippen molar-refractivity contribution in [3.8, 4) is 0 Å². The summed E-state index contributed by atoms with van der Waals surface area (Å²) in [5.41, 5.74) is 7.24. The topological polar surface area (TPSA) is 16.3 Å². The lowest BCUT2D eigenvalue weighted by atomic mass is 10.1. The van der Waals surface area contributed by atoms with Gasteiger partial charge in [-0.2, -0.15) is 0 Å². The Balaban J connectivity index is 1.42. The van der Waals surface area contributed by atoms with Crippen LogP contribution in [0.1, 0.15) is 0 Å². The number of halogens is 3. The van der Waals surface area contributed by atoms with E-state index in [1.165, 1.54) is 24.3 Å². The first-order chi connectivity index (χ1) is 22.9. The predicted molar refractivity (Wildman–Crippen MR) is 191 cm³/mol. The third-order valence-corrected chi connectivity index (χ3v) is 9.22. The monoisotopic (exact) mass is 638 g/mol. The van der Waals surface area contributed by atoms with Gasteiger partial charge >= 0.3 is 0 Å². The van der Waals surface area contributed by atoms with Crippen LogP contribution in [0.25, 0.3) is 32.7 Å². The van der Waals surface area contributed by atoms with Gasteiger partial charge in [-0.15, -0.1) is 0 Å². The van der Waals surface area contributed by atoms with Crippen molar-refractivity contribution in [3.63, 3.8) is 0 Å². The largest absolute Gasteiger partial charge is 0.349 e. The number of aryl methyl sites for hydroxylation is 2. The molecule has 0 N–H and O–H groups in total. The van der Waals surface area contributed by atoms with Crippen molar-refractivity contribution < 1.29 is 8.78 Å². The minimum Gasteiger partial charge on any atom is -0.349 e. The van der Waals surface area contributed by atoms with Crippen LogP contribution in [-0.4, -0.2) is 9.13 Å². The SMILES string of the molecule is Cn1ccc2cccc(N(c3cccc(F)c3)c3cccc(N(c4cccc(F)c4)c4cccc5c6ccccc6n(C)c45)c3Cl)c21. The van der Waals surface area contributed by atoms with Gasteiger partial charge in [-0.1, -0.05) is 72.3 Å². The van der Waals surface area contributed by atoms with Gasteiger partial charge in [0.25, 0.3) is 0 Å². The molecular formula is C40H29ClF2N4. The lowest BCUT2D eigenvalue weighted by Crippen LogP contribution is -2.15. The molecule has 0 saturated carbocycles. The summed E-state index contributed by atoms with van der Waals surface area (Å²) in [5.74, 6) is -0.719. The zero-order valence-corrected chi connectivity index (χ0v) is 26.5. The van der Waals surface area contributed by atoms with Crippen molar-refractivity contribution in [1.82, 2.24) is 9.13 Å². The maximum absolute atomic E-state index is 15.0. The molecule has 8 aromatic rings. The van der Waals surface area contributed by atoms with Crippen molar-refractivity contribution in [2.45, 2.75) is 0 Å². The van der Waals surface area contributed by atoms with Gasteiger partial charge < -0.3 is 18.9 Å². The van der Waals surface area contributed by atoms with E-state index in [1.54, 1.807) is 12.1 Å². The third kappa shape index (κ3) is 4.72. The molecule has 0 radical (unpaired) electrons. The number of para-hydroxylation sites is 3. The molecule has 0 unspecified atom stereocenters. The number of rotatable bonds is 6. The van der Waals surface area contributed by atoms with Crippen LogP contribution in [0.3, 0.4) is 0 Å². The molecule has 230 valence electrons. The lowest BCUT2D eigenvalue weighted by molar-refractivity contribution is 0.627. The number of nitrogens with zero attached hydrogens (tertiary/aromatic N) is 4. The molecule has 0 aliphatic carbocycles. The molecule has 0 fully saturated rings. The Morgan fingerprint density at radius 3 is 1.72 bits per heavy atom. The van der Waals surface area contributed by atoms with Crippen LogP contribution in [0.5, 0.6) is 0 Å². The highest BCUT2D eigenvalue weighted by Crippen LogP contribution is 2.49. The zero-order chi connectivity index (χ0) is 32.2. The number of fused-ring (bicyclic) bond motifs is 4. The Morgan fingerprint density at radius 1 is 0.532 bits per heavy atom. The molecule has 47 heavy (non-hydrogen) atoms. The van der Waals surface area contributed by atoms with E-state index in [0.717, 1.165) is 44.1 Å². The fourth-order valence-electron chi connectivity index (χ4n) is 6.81. The van der Waals surface area contributed by atoms with Gasteiger partial charge in [-0.05, 0) is 72.8 Å². The van der Waals surface area contributed by atoms with E-state index in [2.05, 4.69) is 39.5 Å². The Hall–Kier alpha value is -5.59. The third-order valence-electron chi connectivity index (χ3n) is 8.84. The molecule has 0 bridgehead atoms. The second-order valence-electron chi connectivity index (χ2n) is 11.6. The van der Waals surface area contributed by atoms with Gasteiger partial charge in [0.05, 0.1) is 38.8 Å². The summed E-state index contributed by atoms with van der Waals surface area (Å²) in [7, 11) is 4.03. The number of aromatic nitrogens is 2. The average molecular weight is 639 g/mol. The smallest absolute Gasteiger partial charge is 0.125 e. The van der Waals surface area contributed by atoms with Crippen LogP contribution < -0.4 is 9.80 Å².